The number of hydrogen-bond donors (Lipinski definition) is 1. The molecule has 0 saturated carbocycles. The van der Waals surface area contributed by atoms with E-state index in [1.165, 1.54) is 6.07 Å². The van der Waals surface area contributed by atoms with Gasteiger partial charge >= 0.3 is 0 Å². The highest BCUT2D eigenvalue weighted by Gasteiger charge is 2.17. The van der Waals surface area contributed by atoms with Crippen molar-refractivity contribution in [1.29, 1.82) is 0 Å². The SMILES string of the molecule is COCCCN(C)c1ccc(CO)cc1[N+](=O)[O-]. The van der Waals surface area contributed by atoms with E-state index in [-0.39, 0.29) is 12.3 Å². The molecule has 1 N–H and O–H groups in total. The summed E-state index contributed by atoms with van der Waals surface area (Å²) in [6.45, 7) is 1.09. The minimum Gasteiger partial charge on any atom is -0.392 e. The first kappa shape index (κ1) is 14.4. The molecule has 0 aliphatic heterocycles. The zero-order valence-corrected chi connectivity index (χ0v) is 10.6. The van der Waals surface area contributed by atoms with Gasteiger partial charge in [-0.25, -0.2) is 0 Å². The standard InChI is InChI=1S/C12H18N2O4/c1-13(6-3-7-18-2)11-5-4-10(9-15)8-12(11)14(16)17/h4-5,8,15H,3,6-7,9H2,1-2H3. The largest absolute Gasteiger partial charge is 0.392 e. The van der Waals surface area contributed by atoms with Crippen LogP contribution in [0.2, 0.25) is 0 Å². The van der Waals surface area contributed by atoms with Gasteiger partial charge in [0.2, 0.25) is 0 Å². The highest BCUT2D eigenvalue weighted by Crippen LogP contribution is 2.28. The van der Waals surface area contributed by atoms with E-state index in [2.05, 4.69) is 0 Å². The number of benzene rings is 1. The number of aliphatic hydroxyl groups is 1. The van der Waals surface area contributed by atoms with Gasteiger partial charge in [-0.15, -0.1) is 0 Å². The molecular formula is C12H18N2O4. The summed E-state index contributed by atoms with van der Waals surface area (Å²) in [6, 6.07) is 4.76. The van der Waals surface area contributed by atoms with Crippen molar-refractivity contribution in [3.8, 4) is 0 Å². The smallest absolute Gasteiger partial charge is 0.292 e. The fraction of sp³-hybridized carbons (Fsp3) is 0.500. The molecule has 1 aromatic carbocycles. The molecule has 0 radical (unpaired) electrons. The molecule has 1 aromatic rings. The molecule has 0 heterocycles. The Hall–Kier alpha value is -1.66. The van der Waals surface area contributed by atoms with Crippen LogP contribution in [0.5, 0.6) is 0 Å². The zero-order valence-electron chi connectivity index (χ0n) is 10.6. The molecule has 0 aliphatic rings. The van der Waals surface area contributed by atoms with Crippen LogP contribution in [0.3, 0.4) is 0 Å². The average Bonchev–Trinajstić information content (AvgIpc) is 2.38. The van der Waals surface area contributed by atoms with Gasteiger partial charge in [0.05, 0.1) is 11.5 Å². The third-order valence-corrected chi connectivity index (χ3v) is 2.67. The predicted octanol–water partition coefficient (Wildman–Crippen LogP) is 1.56. The molecule has 0 spiro atoms. The second-order valence-electron chi connectivity index (χ2n) is 4.01. The topological polar surface area (TPSA) is 75.8 Å². The molecule has 0 amide bonds. The molecule has 1 rings (SSSR count). The van der Waals surface area contributed by atoms with E-state index < -0.39 is 4.92 Å². The molecule has 18 heavy (non-hydrogen) atoms. The van der Waals surface area contributed by atoms with Crippen molar-refractivity contribution in [3.63, 3.8) is 0 Å². The first-order valence-electron chi connectivity index (χ1n) is 5.68. The fourth-order valence-electron chi connectivity index (χ4n) is 1.70. The third-order valence-electron chi connectivity index (χ3n) is 2.67. The van der Waals surface area contributed by atoms with Crippen LogP contribution in [0.1, 0.15) is 12.0 Å². The van der Waals surface area contributed by atoms with Gasteiger partial charge in [0.15, 0.2) is 0 Å². The number of methoxy groups -OCH3 is 1. The minimum atomic E-state index is -0.429. The Labute approximate surface area is 106 Å². The first-order chi connectivity index (χ1) is 8.60. The van der Waals surface area contributed by atoms with Crippen molar-refractivity contribution in [2.45, 2.75) is 13.0 Å². The zero-order chi connectivity index (χ0) is 13.5. The van der Waals surface area contributed by atoms with Gasteiger partial charge in [-0.05, 0) is 18.1 Å². The van der Waals surface area contributed by atoms with Crippen LogP contribution < -0.4 is 4.90 Å². The van der Waals surface area contributed by atoms with Crippen molar-refractivity contribution in [2.75, 3.05) is 32.2 Å². The van der Waals surface area contributed by atoms with Gasteiger partial charge in [-0.2, -0.15) is 0 Å². The highest BCUT2D eigenvalue weighted by atomic mass is 16.6. The van der Waals surface area contributed by atoms with Crippen LogP contribution >= 0.6 is 0 Å². The summed E-state index contributed by atoms with van der Waals surface area (Å²) in [7, 11) is 3.43. The lowest BCUT2D eigenvalue weighted by Gasteiger charge is -2.19. The molecule has 0 saturated heterocycles. The Morgan fingerprint density at radius 3 is 2.78 bits per heavy atom. The molecule has 0 unspecified atom stereocenters. The van der Waals surface area contributed by atoms with E-state index in [0.29, 0.717) is 24.4 Å². The molecule has 6 nitrogen and oxygen atoms in total. The van der Waals surface area contributed by atoms with Gasteiger partial charge < -0.3 is 14.7 Å². The maximum absolute atomic E-state index is 11.0. The molecular weight excluding hydrogens is 236 g/mol. The van der Waals surface area contributed by atoms with E-state index in [0.717, 1.165) is 6.42 Å². The van der Waals surface area contributed by atoms with Crippen LogP contribution in [0.4, 0.5) is 11.4 Å². The number of nitro benzene ring substituents is 1. The maximum atomic E-state index is 11.0. The Morgan fingerprint density at radius 1 is 1.50 bits per heavy atom. The minimum absolute atomic E-state index is 0.0152. The summed E-state index contributed by atoms with van der Waals surface area (Å²) in [5.74, 6) is 0. The van der Waals surface area contributed by atoms with Crippen molar-refractivity contribution >= 4 is 11.4 Å². The number of rotatable bonds is 7. The van der Waals surface area contributed by atoms with Crippen LogP contribution in [-0.2, 0) is 11.3 Å². The lowest BCUT2D eigenvalue weighted by molar-refractivity contribution is -0.384. The Balaban J connectivity index is 2.89. The number of anilines is 1. The molecule has 0 atom stereocenters. The van der Waals surface area contributed by atoms with Crippen molar-refractivity contribution in [1.82, 2.24) is 0 Å². The maximum Gasteiger partial charge on any atom is 0.292 e. The summed E-state index contributed by atoms with van der Waals surface area (Å²) < 4.78 is 4.95. The quantitative estimate of drug-likeness (QED) is 0.454. The van der Waals surface area contributed by atoms with Gasteiger partial charge in [0.25, 0.3) is 5.69 Å². The van der Waals surface area contributed by atoms with Crippen LogP contribution in [0, 0.1) is 10.1 Å². The Bertz CT molecular complexity index is 409. The van der Waals surface area contributed by atoms with Crippen molar-refractivity contribution in [3.05, 3.63) is 33.9 Å². The van der Waals surface area contributed by atoms with Crippen LogP contribution in [-0.4, -0.2) is 37.3 Å². The lowest BCUT2D eigenvalue weighted by Crippen LogP contribution is -2.20. The highest BCUT2D eigenvalue weighted by molar-refractivity contribution is 5.63. The second kappa shape index (κ2) is 6.93. The number of aliphatic hydroxyl groups excluding tert-OH is 1. The third kappa shape index (κ3) is 3.68. The van der Waals surface area contributed by atoms with Crippen LogP contribution in [0.25, 0.3) is 0 Å². The normalized spacial score (nSPS) is 10.4. The monoisotopic (exact) mass is 254 g/mol. The molecule has 0 aliphatic carbocycles. The summed E-state index contributed by atoms with van der Waals surface area (Å²) in [5.41, 5.74) is 1.10. The van der Waals surface area contributed by atoms with Crippen molar-refractivity contribution in [2.24, 2.45) is 0 Å². The number of hydrogen-bond acceptors (Lipinski definition) is 5. The molecule has 6 heteroatoms. The predicted molar refractivity (Wildman–Crippen MR) is 68.8 cm³/mol. The Kier molecular flexibility index (Phi) is 5.54. The number of nitro groups is 1. The summed E-state index contributed by atoms with van der Waals surface area (Å²) >= 11 is 0. The van der Waals surface area contributed by atoms with Gasteiger partial charge in [-0.3, -0.25) is 10.1 Å². The van der Waals surface area contributed by atoms with E-state index >= 15 is 0 Å². The van der Waals surface area contributed by atoms with E-state index in [4.69, 9.17) is 9.84 Å². The number of ether oxygens (including phenoxy) is 1. The molecule has 0 bridgehead atoms. The first-order valence-corrected chi connectivity index (χ1v) is 5.68. The number of nitrogens with zero attached hydrogens (tertiary/aromatic N) is 2. The summed E-state index contributed by atoms with van der Waals surface area (Å²) in [4.78, 5) is 12.4. The summed E-state index contributed by atoms with van der Waals surface area (Å²) in [6.07, 6.45) is 0.798. The lowest BCUT2D eigenvalue weighted by atomic mass is 10.1. The molecule has 0 fully saturated rings. The van der Waals surface area contributed by atoms with Gasteiger partial charge in [0.1, 0.15) is 5.69 Å². The van der Waals surface area contributed by atoms with Crippen molar-refractivity contribution < 1.29 is 14.8 Å². The van der Waals surface area contributed by atoms with E-state index in [1.54, 1.807) is 26.3 Å². The summed E-state index contributed by atoms with van der Waals surface area (Å²) in [5, 5.41) is 20.0. The van der Waals surface area contributed by atoms with E-state index in [1.807, 2.05) is 4.90 Å². The second-order valence-corrected chi connectivity index (χ2v) is 4.01. The molecule has 0 aromatic heterocycles. The van der Waals surface area contributed by atoms with E-state index in [9.17, 15) is 10.1 Å². The average molecular weight is 254 g/mol. The fourth-order valence-corrected chi connectivity index (χ4v) is 1.70. The van der Waals surface area contributed by atoms with Gasteiger partial charge in [0, 0.05) is 33.4 Å². The Morgan fingerprint density at radius 2 is 2.22 bits per heavy atom. The molecule has 100 valence electrons. The van der Waals surface area contributed by atoms with Gasteiger partial charge in [-0.1, -0.05) is 6.07 Å². The van der Waals surface area contributed by atoms with Crippen LogP contribution in [0.15, 0.2) is 18.2 Å².